The van der Waals surface area contributed by atoms with Crippen LogP contribution >= 0.6 is 0 Å². The Bertz CT molecular complexity index is 807. The Morgan fingerprint density at radius 3 is 2.55 bits per heavy atom. The van der Waals surface area contributed by atoms with Crippen LogP contribution in [0, 0.1) is 5.92 Å². The monoisotopic (exact) mass is 394 g/mol. The summed E-state index contributed by atoms with van der Waals surface area (Å²) in [7, 11) is 0. The van der Waals surface area contributed by atoms with Gasteiger partial charge in [-0.2, -0.15) is 0 Å². The zero-order valence-electron chi connectivity index (χ0n) is 16.8. The molecule has 2 heterocycles. The lowest BCUT2D eigenvalue weighted by atomic mass is 9.92. The van der Waals surface area contributed by atoms with Gasteiger partial charge in [-0.05, 0) is 54.0 Å². The number of nitrogens with zero attached hydrogens (tertiary/aromatic N) is 1. The van der Waals surface area contributed by atoms with Gasteiger partial charge in [-0.25, -0.2) is 0 Å². The highest BCUT2D eigenvalue weighted by molar-refractivity contribution is 5.94. The summed E-state index contributed by atoms with van der Waals surface area (Å²) in [5.74, 6) is 0.510. The molecule has 1 saturated heterocycles. The molecule has 2 aliphatic rings. The molecule has 0 spiro atoms. The molecule has 2 aliphatic heterocycles. The van der Waals surface area contributed by atoms with Gasteiger partial charge in [0.2, 0.25) is 0 Å². The smallest absolute Gasteiger partial charge is 0.251 e. The van der Waals surface area contributed by atoms with Crippen molar-refractivity contribution in [1.29, 1.82) is 0 Å². The normalized spacial score (nSPS) is 18.4. The number of β-amino-alcohol motifs (C(OH)–C–C–N with tert-alkyl or cyclic N) is 1. The standard InChI is InChI=1S/C24H30N2O3/c27-23(17-26-15-21-5-1-2-6-22(21)16-26)14-25-24(28)20-7-3-4-19(13-20)12-18-8-10-29-11-9-18/h1-7,13,18,23,27H,8-12,14-17H2,(H,25,28). The third kappa shape index (κ3) is 5.44. The zero-order valence-corrected chi connectivity index (χ0v) is 16.8. The lowest BCUT2D eigenvalue weighted by Crippen LogP contribution is -2.38. The number of amides is 1. The van der Waals surface area contributed by atoms with Crippen molar-refractivity contribution in [3.63, 3.8) is 0 Å². The zero-order chi connectivity index (χ0) is 20.1. The maximum absolute atomic E-state index is 12.6. The van der Waals surface area contributed by atoms with Crippen molar-refractivity contribution in [2.45, 2.75) is 38.5 Å². The number of aliphatic hydroxyl groups is 1. The van der Waals surface area contributed by atoms with Crippen LogP contribution < -0.4 is 5.32 Å². The fourth-order valence-corrected chi connectivity index (χ4v) is 4.33. The Morgan fingerprint density at radius 2 is 1.83 bits per heavy atom. The third-order valence-corrected chi connectivity index (χ3v) is 5.93. The number of ether oxygens (including phenoxy) is 1. The maximum atomic E-state index is 12.6. The van der Waals surface area contributed by atoms with E-state index in [4.69, 9.17) is 4.74 Å². The second-order valence-corrected chi connectivity index (χ2v) is 8.26. The number of fused-ring (bicyclic) bond motifs is 1. The van der Waals surface area contributed by atoms with Crippen molar-refractivity contribution in [3.8, 4) is 0 Å². The van der Waals surface area contributed by atoms with E-state index in [0.29, 0.717) is 18.0 Å². The largest absolute Gasteiger partial charge is 0.390 e. The third-order valence-electron chi connectivity index (χ3n) is 5.93. The van der Waals surface area contributed by atoms with Crippen LogP contribution in [0.2, 0.25) is 0 Å². The van der Waals surface area contributed by atoms with E-state index < -0.39 is 6.10 Å². The molecular formula is C24H30N2O3. The number of rotatable bonds is 7. The Balaban J connectivity index is 1.24. The van der Waals surface area contributed by atoms with Crippen molar-refractivity contribution < 1.29 is 14.6 Å². The minimum absolute atomic E-state index is 0.123. The van der Waals surface area contributed by atoms with E-state index in [1.807, 2.05) is 18.2 Å². The molecule has 5 nitrogen and oxygen atoms in total. The van der Waals surface area contributed by atoms with Crippen molar-refractivity contribution in [2.75, 3.05) is 26.3 Å². The molecule has 4 rings (SSSR count). The van der Waals surface area contributed by atoms with Crippen LogP contribution in [0.15, 0.2) is 48.5 Å². The van der Waals surface area contributed by atoms with Crippen LogP contribution in [-0.4, -0.2) is 48.3 Å². The molecular weight excluding hydrogens is 364 g/mol. The van der Waals surface area contributed by atoms with Gasteiger partial charge in [-0.15, -0.1) is 0 Å². The van der Waals surface area contributed by atoms with Gasteiger partial charge in [0.05, 0.1) is 6.10 Å². The van der Waals surface area contributed by atoms with E-state index in [1.165, 1.54) is 16.7 Å². The highest BCUT2D eigenvalue weighted by atomic mass is 16.5. The highest BCUT2D eigenvalue weighted by Crippen LogP contribution is 2.22. The number of carbonyl (C=O) groups excluding carboxylic acids is 1. The van der Waals surface area contributed by atoms with E-state index in [2.05, 4.69) is 40.5 Å². The Labute approximate surface area is 172 Å². The summed E-state index contributed by atoms with van der Waals surface area (Å²) >= 11 is 0. The van der Waals surface area contributed by atoms with E-state index in [1.54, 1.807) is 0 Å². The SMILES string of the molecule is O=C(NCC(O)CN1Cc2ccccc2C1)c1cccc(CC2CCOCC2)c1. The van der Waals surface area contributed by atoms with Gasteiger partial charge < -0.3 is 15.2 Å². The lowest BCUT2D eigenvalue weighted by molar-refractivity contribution is 0.0665. The average Bonchev–Trinajstić information content (AvgIpc) is 3.15. The van der Waals surface area contributed by atoms with Crippen LogP contribution in [0.25, 0.3) is 0 Å². The maximum Gasteiger partial charge on any atom is 0.251 e. The van der Waals surface area contributed by atoms with E-state index in [0.717, 1.165) is 45.6 Å². The summed E-state index contributed by atoms with van der Waals surface area (Å²) in [6.07, 6.45) is 2.58. The molecule has 0 aromatic heterocycles. The molecule has 2 aromatic rings. The first-order chi connectivity index (χ1) is 14.2. The van der Waals surface area contributed by atoms with Crippen molar-refractivity contribution >= 4 is 5.91 Å². The Kier molecular flexibility index (Phi) is 6.60. The van der Waals surface area contributed by atoms with Crippen molar-refractivity contribution in [3.05, 3.63) is 70.8 Å². The lowest BCUT2D eigenvalue weighted by Gasteiger charge is -2.22. The second-order valence-electron chi connectivity index (χ2n) is 8.26. The molecule has 5 heteroatoms. The van der Waals surface area contributed by atoms with Crippen LogP contribution in [0.3, 0.4) is 0 Å². The van der Waals surface area contributed by atoms with Crippen LogP contribution in [-0.2, 0) is 24.2 Å². The molecule has 0 bridgehead atoms. The fourth-order valence-electron chi connectivity index (χ4n) is 4.33. The van der Waals surface area contributed by atoms with Gasteiger partial charge in [0.15, 0.2) is 0 Å². The predicted octanol–water partition coefficient (Wildman–Crippen LogP) is 2.76. The molecule has 2 aromatic carbocycles. The first kappa shape index (κ1) is 20.1. The summed E-state index contributed by atoms with van der Waals surface area (Å²) in [5, 5.41) is 13.3. The number of benzene rings is 2. The van der Waals surface area contributed by atoms with E-state index in [-0.39, 0.29) is 12.5 Å². The fraction of sp³-hybridized carbons (Fsp3) is 0.458. The molecule has 1 fully saturated rings. The molecule has 1 unspecified atom stereocenters. The molecule has 154 valence electrons. The van der Waals surface area contributed by atoms with Gasteiger partial charge in [-0.3, -0.25) is 9.69 Å². The Hall–Kier alpha value is -2.21. The molecule has 0 saturated carbocycles. The Morgan fingerprint density at radius 1 is 1.10 bits per heavy atom. The number of carbonyl (C=O) groups is 1. The number of nitrogens with one attached hydrogen (secondary N) is 1. The van der Waals surface area contributed by atoms with Crippen molar-refractivity contribution in [1.82, 2.24) is 10.2 Å². The average molecular weight is 395 g/mol. The number of hydrogen-bond acceptors (Lipinski definition) is 4. The van der Waals surface area contributed by atoms with E-state index >= 15 is 0 Å². The summed E-state index contributed by atoms with van der Waals surface area (Å²) in [6, 6.07) is 16.2. The summed E-state index contributed by atoms with van der Waals surface area (Å²) < 4.78 is 5.43. The first-order valence-corrected chi connectivity index (χ1v) is 10.6. The molecule has 2 N–H and O–H groups in total. The minimum Gasteiger partial charge on any atom is -0.390 e. The topological polar surface area (TPSA) is 61.8 Å². The van der Waals surface area contributed by atoms with Gasteiger partial charge in [0.25, 0.3) is 5.91 Å². The molecule has 29 heavy (non-hydrogen) atoms. The van der Waals surface area contributed by atoms with Crippen LogP contribution in [0.4, 0.5) is 0 Å². The second kappa shape index (κ2) is 9.53. The quantitative estimate of drug-likeness (QED) is 0.758. The van der Waals surface area contributed by atoms with Gasteiger partial charge in [0, 0.05) is 45.0 Å². The van der Waals surface area contributed by atoms with Gasteiger partial charge in [0.1, 0.15) is 0 Å². The number of hydrogen-bond donors (Lipinski definition) is 2. The molecule has 0 aliphatic carbocycles. The van der Waals surface area contributed by atoms with E-state index in [9.17, 15) is 9.90 Å². The van der Waals surface area contributed by atoms with Gasteiger partial charge in [-0.1, -0.05) is 36.4 Å². The minimum atomic E-state index is -0.585. The summed E-state index contributed by atoms with van der Waals surface area (Å²) in [5.41, 5.74) is 4.51. The molecule has 1 amide bonds. The van der Waals surface area contributed by atoms with Crippen LogP contribution in [0.1, 0.15) is 39.9 Å². The highest BCUT2D eigenvalue weighted by Gasteiger charge is 2.21. The van der Waals surface area contributed by atoms with Crippen LogP contribution in [0.5, 0.6) is 0 Å². The molecule has 0 radical (unpaired) electrons. The first-order valence-electron chi connectivity index (χ1n) is 10.6. The predicted molar refractivity (Wildman–Crippen MR) is 113 cm³/mol. The van der Waals surface area contributed by atoms with Gasteiger partial charge >= 0.3 is 0 Å². The molecule has 1 atom stereocenters. The number of aliphatic hydroxyl groups excluding tert-OH is 1. The van der Waals surface area contributed by atoms with Crippen molar-refractivity contribution in [2.24, 2.45) is 5.92 Å². The summed E-state index contributed by atoms with van der Waals surface area (Å²) in [4.78, 5) is 14.8. The summed E-state index contributed by atoms with van der Waals surface area (Å²) in [6.45, 7) is 4.20.